The third-order valence-electron chi connectivity index (χ3n) is 4.66. The lowest BCUT2D eigenvalue weighted by Gasteiger charge is -2.27. The highest BCUT2D eigenvalue weighted by molar-refractivity contribution is 6.30. The van der Waals surface area contributed by atoms with Crippen LogP contribution in [-0.4, -0.2) is 30.1 Å². The minimum atomic E-state index is -0.588. The number of likely N-dealkylation sites (N-methyl/N-ethyl adjacent to an activating group) is 1. The fourth-order valence-corrected chi connectivity index (χ4v) is 3.38. The van der Waals surface area contributed by atoms with Crippen molar-refractivity contribution in [1.29, 1.82) is 5.26 Å². The molecule has 1 aromatic carbocycles. The first-order valence-electron chi connectivity index (χ1n) is 8.55. The van der Waals surface area contributed by atoms with Crippen LogP contribution in [-0.2, 0) is 6.54 Å². The summed E-state index contributed by atoms with van der Waals surface area (Å²) in [6.45, 7) is 3.12. The fraction of sp³-hybridized carbons (Fsp3) is 0.300. The molecule has 3 rings (SSSR count). The van der Waals surface area contributed by atoms with Crippen molar-refractivity contribution in [3.63, 3.8) is 0 Å². The van der Waals surface area contributed by atoms with Crippen LogP contribution in [0.2, 0.25) is 5.02 Å². The molecule has 0 fully saturated rings. The van der Waals surface area contributed by atoms with Crippen LogP contribution in [0.5, 0.6) is 5.75 Å². The smallest absolute Gasteiger partial charge is 0.258 e. The first-order chi connectivity index (χ1) is 12.8. The molecule has 0 bridgehead atoms. The highest BCUT2D eigenvalue weighted by atomic mass is 35.5. The lowest BCUT2D eigenvalue weighted by Crippen LogP contribution is -2.34. The van der Waals surface area contributed by atoms with Crippen LogP contribution in [0.1, 0.15) is 22.7 Å². The zero-order valence-electron chi connectivity index (χ0n) is 15.5. The van der Waals surface area contributed by atoms with E-state index in [1.807, 2.05) is 25.9 Å². The third-order valence-corrected chi connectivity index (χ3v) is 4.92. The second-order valence-electron chi connectivity index (χ2n) is 6.80. The summed E-state index contributed by atoms with van der Waals surface area (Å²) >= 11 is 6.00. The molecule has 6 nitrogen and oxygen atoms in total. The Balaban J connectivity index is 2.22. The van der Waals surface area contributed by atoms with Crippen LogP contribution in [0.3, 0.4) is 0 Å². The van der Waals surface area contributed by atoms with E-state index in [0.29, 0.717) is 22.9 Å². The lowest BCUT2D eigenvalue weighted by molar-refractivity contribution is 0.369. The zero-order chi connectivity index (χ0) is 19.7. The first kappa shape index (κ1) is 19.0. The normalized spacial score (nSPS) is 16.1. The molecule has 0 amide bonds. The van der Waals surface area contributed by atoms with Gasteiger partial charge in [0.1, 0.15) is 17.4 Å². The maximum absolute atomic E-state index is 13.3. The fourth-order valence-electron chi connectivity index (χ4n) is 3.25. The van der Waals surface area contributed by atoms with Gasteiger partial charge in [0.25, 0.3) is 5.56 Å². The number of nitriles is 1. The van der Waals surface area contributed by atoms with Gasteiger partial charge in [-0.1, -0.05) is 23.7 Å². The average Bonchev–Trinajstić information content (AvgIpc) is 2.61. The molecule has 1 aliphatic heterocycles. The van der Waals surface area contributed by atoms with Crippen LogP contribution in [0.25, 0.3) is 0 Å². The van der Waals surface area contributed by atoms with E-state index < -0.39 is 5.92 Å². The van der Waals surface area contributed by atoms with Gasteiger partial charge in [0, 0.05) is 29.9 Å². The molecule has 140 valence electrons. The van der Waals surface area contributed by atoms with Crippen LogP contribution < -0.4 is 16.0 Å². The number of benzene rings is 1. The molecule has 27 heavy (non-hydrogen) atoms. The van der Waals surface area contributed by atoms with E-state index in [1.165, 1.54) is 0 Å². The summed E-state index contributed by atoms with van der Waals surface area (Å²) in [4.78, 5) is 15.3. The molecule has 1 atom stereocenters. The SMILES string of the molecule is Cc1cc2c(c(=O)n1CCN(C)C)[C@H](c1ccc(Cl)cc1)C(C#N)=C(N)O2. The van der Waals surface area contributed by atoms with Crippen molar-refractivity contribution < 1.29 is 4.74 Å². The number of hydrogen-bond donors (Lipinski definition) is 1. The number of hydrogen-bond acceptors (Lipinski definition) is 5. The second-order valence-corrected chi connectivity index (χ2v) is 7.24. The lowest BCUT2D eigenvalue weighted by atomic mass is 9.84. The first-order valence-corrected chi connectivity index (χ1v) is 8.93. The average molecular weight is 385 g/mol. The van der Waals surface area contributed by atoms with Gasteiger partial charge in [0.05, 0.1) is 11.5 Å². The number of allylic oxidation sites excluding steroid dienone is 1. The van der Waals surface area contributed by atoms with Gasteiger partial charge >= 0.3 is 0 Å². The van der Waals surface area contributed by atoms with Crippen molar-refractivity contribution in [3.05, 3.63) is 74.0 Å². The van der Waals surface area contributed by atoms with Crippen molar-refractivity contribution in [3.8, 4) is 11.8 Å². The highest BCUT2D eigenvalue weighted by Gasteiger charge is 2.34. The van der Waals surface area contributed by atoms with Crippen molar-refractivity contribution in [1.82, 2.24) is 9.47 Å². The van der Waals surface area contributed by atoms with E-state index in [1.54, 1.807) is 34.9 Å². The number of nitrogens with two attached hydrogens (primary N) is 1. The number of fused-ring (bicyclic) bond motifs is 1. The standard InChI is InChI=1S/C20H21ClN4O2/c1-12-10-16-18(20(26)25(12)9-8-24(2)3)17(15(11-22)19(23)27-16)13-4-6-14(21)7-5-13/h4-7,10,17H,8-9,23H2,1-3H3/t17-/m1/s1. The molecule has 0 aliphatic carbocycles. The molecule has 0 spiro atoms. The molecular formula is C20H21ClN4O2. The summed E-state index contributed by atoms with van der Waals surface area (Å²) in [6.07, 6.45) is 0. The molecule has 0 radical (unpaired) electrons. The van der Waals surface area contributed by atoms with Crippen molar-refractivity contribution in [2.24, 2.45) is 5.73 Å². The van der Waals surface area contributed by atoms with Gasteiger partial charge in [-0.3, -0.25) is 4.79 Å². The molecule has 1 aromatic heterocycles. The van der Waals surface area contributed by atoms with Crippen molar-refractivity contribution in [2.45, 2.75) is 19.4 Å². The Bertz CT molecular complexity index is 1000. The summed E-state index contributed by atoms with van der Waals surface area (Å²) in [5.74, 6) is -0.167. The van der Waals surface area contributed by atoms with E-state index in [4.69, 9.17) is 22.1 Å². The minimum Gasteiger partial charge on any atom is -0.440 e. The van der Waals surface area contributed by atoms with E-state index in [2.05, 4.69) is 6.07 Å². The Morgan fingerprint density at radius 1 is 1.33 bits per heavy atom. The number of halogens is 1. The van der Waals surface area contributed by atoms with Gasteiger partial charge in [0.2, 0.25) is 5.88 Å². The number of aromatic nitrogens is 1. The van der Waals surface area contributed by atoms with Crippen LogP contribution in [0.4, 0.5) is 0 Å². The Kier molecular flexibility index (Phi) is 5.26. The predicted octanol–water partition coefficient (Wildman–Crippen LogP) is 2.59. The van der Waals surface area contributed by atoms with Gasteiger partial charge in [-0.05, 0) is 38.7 Å². The molecule has 0 unspecified atom stereocenters. The maximum Gasteiger partial charge on any atom is 0.258 e. The Morgan fingerprint density at radius 3 is 2.59 bits per heavy atom. The van der Waals surface area contributed by atoms with Crippen molar-refractivity contribution >= 4 is 11.6 Å². The Labute approximate surface area is 163 Å². The van der Waals surface area contributed by atoms with Crippen LogP contribution in [0, 0.1) is 18.3 Å². The monoisotopic (exact) mass is 384 g/mol. The second kappa shape index (κ2) is 7.47. The van der Waals surface area contributed by atoms with Gasteiger partial charge in [-0.15, -0.1) is 0 Å². The topological polar surface area (TPSA) is 84.3 Å². The summed E-state index contributed by atoms with van der Waals surface area (Å²) in [6, 6.07) is 11.0. The van der Waals surface area contributed by atoms with Gasteiger partial charge in [-0.2, -0.15) is 5.26 Å². The molecule has 2 N–H and O–H groups in total. The van der Waals surface area contributed by atoms with E-state index in [9.17, 15) is 10.1 Å². The molecule has 7 heteroatoms. The summed E-state index contributed by atoms with van der Waals surface area (Å²) in [5.41, 5.74) is 8.02. The molecule has 1 aliphatic rings. The molecule has 2 aromatic rings. The molecule has 2 heterocycles. The third kappa shape index (κ3) is 3.57. The molecule has 0 saturated heterocycles. The van der Waals surface area contributed by atoms with Gasteiger partial charge < -0.3 is 19.9 Å². The highest BCUT2D eigenvalue weighted by Crippen LogP contribution is 2.40. The van der Waals surface area contributed by atoms with Crippen molar-refractivity contribution in [2.75, 3.05) is 20.6 Å². The molecular weight excluding hydrogens is 364 g/mol. The number of ether oxygens (including phenoxy) is 1. The van der Waals surface area contributed by atoms with E-state index >= 15 is 0 Å². The maximum atomic E-state index is 13.3. The largest absolute Gasteiger partial charge is 0.440 e. The summed E-state index contributed by atoms with van der Waals surface area (Å²) in [5, 5.41) is 10.2. The summed E-state index contributed by atoms with van der Waals surface area (Å²) < 4.78 is 7.35. The predicted molar refractivity (Wildman–Crippen MR) is 105 cm³/mol. The van der Waals surface area contributed by atoms with E-state index in [-0.39, 0.29) is 17.0 Å². The van der Waals surface area contributed by atoms with Crippen LogP contribution >= 0.6 is 11.6 Å². The van der Waals surface area contributed by atoms with Crippen LogP contribution in [0.15, 0.2) is 46.6 Å². The van der Waals surface area contributed by atoms with Gasteiger partial charge in [-0.25, -0.2) is 0 Å². The number of rotatable bonds is 4. The summed E-state index contributed by atoms with van der Waals surface area (Å²) in [7, 11) is 3.91. The number of pyridine rings is 1. The Morgan fingerprint density at radius 2 is 2.00 bits per heavy atom. The number of nitrogens with zero attached hydrogens (tertiary/aromatic N) is 3. The molecule has 0 saturated carbocycles. The zero-order valence-corrected chi connectivity index (χ0v) is 16.2. The minimum absolute atomic E-state index is 0.0230. The quantitative estimate of drug-likeness (QED) is 0.875. The van der Waals surface area contributed by atoms with Gasteiger partial charge in [0.15, 0.2) is 0 Å². The van der Waals surface area contributed by atoms with E-state index in [0.717, 1.165) is 17.8 Å². The Hall–Kier alpha value is -2.75. The number of aryl methyl sites for hydroxylation is 1.